The smallest absolute Gasteiger partial charge is 0.408 e. The molecule has 0 bridgehead atoms. The Kier molecular flexibility index (Phi) is 2.77. The van der Waals surface area contributed by atoms with Gasteiger partial charge in [0, 0.05) is 0 Å². The van der Waals surface area contributed by atoms with Crippen LogP contribution in [0.1, 0.15) is 13.8 Å². The van der Waals surface area contributed by atoms with E-state index >= 15 is 0 Å². The van der Waals surface area contributed by atoms with Gasteiger partial charge in [0.25, 0.3) is 0 Å². The van der Waals surface area contributed by atoms with Crippen molar-refractivity contribution in [1.29, 1.82) is 0 Å². The Morgan fingerprint density at radius 3 is 2.38 bits per heavy atom. The third-order valence-corrected chi connectivity index (χ3v) is 2.42. The third-order valence-electron chi connectivity index (χ3n) is 2.42. The summed E-state index contributed by atoms with van der Waals surface area (Å²) < 4.78 is 6.73. The van der Waals surface area contributed by atoms with Gasteiger partial charge in [-0.1, -0.05) is 24.3 Å². The Morgan fingerprint density at radius 1 is 1.12 bits per heavy atom. The SMILES string of the molecule is C/C=c1\oc(=O)n(-c2ccccc2)\c1=C/C. The minimum atomic E-state index is -0.354. The first-order valence-electron chi connectivity index (χ1n) is 5.18. The zero-order valence-electron chi connectivity index (χ0n) is 9.31. The van der Waals surface area contributed by atoms with Crippen LogP contribution in [0.5, 0.6) is 0 Å². The van der Waals surface area contributed by atoms with Crippen molar-refractivity contribution in [3.8, 4) is 5.69 Å². The van der Waals surface area contributed by atoms with Gasteiger partial charge in [0.2, 0.25) is 0 Å². The molecular weight excluding hydrogens is 202 g/mol. The van der Waals surface area contributed by atoms with Gasteiger partial charge in [-0.3, -0.25) is 0 Å². The molecule has 3 nitrogen and oxygen atoms in total. The quantitative estimate of drug-likeness (QED) is 0.712. The summed E-state index contributed by atoms with van der Waals surface area (Å²) in [5.41, 5.74) is 1.42. The molecule has 2 aromatic rings. The van der Waals surface area contributed by atoms with Crippen molar-refractivity contribution < 1.29 is 4.42 Å². The lowest BCUT2D eigenvalue weighted by Gasteiger charge is -1.98. The molecule has 0 saturated carbocycles. The topological polar surface area (TPSA) is 35.1 Å². The molecule has 0 N–H and O–H groups in total. The van der Waals surface area contributed by atoms with E-state index < -0.39 is 0 Å². The molecule has 0 aliphatic heterocycles. The molecule has 1 heterocycles. The number of hydrogen-bond donors (Lipinski definition) is 0. The number of para-hydroxylation sites is 1. The highest BCUT2D eigenvalue weighted by atomic mass is 16.4. The Bertz CT molecular complexity index is 647. The van der Waals surface area contributed by atoms with E-state index in [-0.39, 0.29) is 5.76 Å². The first-order chi connectivity index (χ1) is 7.77. The second-order valence-corrected chi connectivity index (χ2v) is 3.37. The molecule has 3 heteroatoms. The molecule has 0 fully saturated rings. The summed E-state index contributed by atoms with van der Waals surface area (Å²) in [6, 6.07) is 9.45. The fourth-order valence-corrected chi connectivity index (χ4v) is 1.70. The molecule has 82 valence electrons. The molecule has 0 amide bonds. The van der Waals surface area contributed by atoms with Gasteiger partial charge in [-0.25, -0.2) is 9.36 Å². The van der Waals surface area contributed by atoms with Crippen LogP contribution in [0.2, 0.25) is 0 Å². The lowest BCUT2D eigenvalue weighted by molar-refractivity contribution is 0.477. The highest BCUT2D eigenvalue weighted by molar-refractivity contribution is 5.34. The van der Waals surface area contributed by atoms with Crippen molar-refractivity contribution in [1.82, 2.24) is 4.57 Å². The van der Waals surface area contributed by atoms with Crippen molar-refractivity contribution in [2.24, 2.45) is 0 Å². The summed E-state index contributed by atoms with van der Waals surface area (Å²) in [4.78, 5) is 11.7. The minimum absolute atomic E-state index is 0.354. The van der Waals surface area contributed by atoms with E-state index in [1.54, 1.807) is 10.6 Å². The Balaban J connectivity index is 2.87. The van der Waals surface area contributed by atoms with Crippen LogP contribution >= 0.6 is 0 Å². The number of hydrogen-bond acceptors (Lipinski definition) is 2. The average Bonchev–Trinajstić information content (AvgIpc) is 2.66. The highest BCUT2D eigenvalue weighted by Gasteiger charge is 2.05. The van der Waals surface area contributed by atoms with E-state index in [0.29, 0.717) is 5.42 Å². The van der Waals surface area contributed by atoms with E-state index in [9.17, 15) is 4.79 Å². The molecule has 0 spiro atoms. The maximum atomic E-state index is 11.7. The molecule has 2 rings (SSSR count). The van der Waals surface area contributed by atoms with Crippen molar-refractivity contribution in [3.05, 3.63) is 51.6 Å². The van der Waals surface area contributed by atoms with Gasteiger partial charge < -0.3 is 4.42 Å². The average molecular weight is 215 g/mol. The summed E-state index contributed by atoms with van der Waals surface area (Å²) in [7, 11) is 0. The van der Waals surface area contributed by atoms with Crippen LogP contribution in [0, 0.1) is 0 Å². The summed E-state index contributed by atoms with van der Waals surface area (Å²) in [6.45, 7) is 3.73. The van der Waals surface area contributed by atoms with Crippen molar-refractivity contribution in [2.45, 2.75) is 13.8 Å². The van der Waals surface area contributed by atoms with E-state index in [1.165, 1.54) is 0 Å². The van der Waals surface area contributed by atoms with Crippen LogP contribution in [0.4, 0.5) is 0 Å². The van der Waals surface area contributed by atoms with Crippen LogP contribution < -0.4 is 16.5 Å². The largest absolute Gasteiger partial charge is 0.424 e. The zero-order chi connectivity index (χ0) is 11.5. The van der Waals surface area contributed by atoms with Crippen molar-refractivity contribution >= 4 is 12.2 Å². The molecule has 1 aromatic carbocycles. The predicted molar refractivity (Wildman–Crippen MR) is 63.8 cm³/mol. The Labute approximate surface area is 93.0 Å². The van der Waals surface area contributed by atoms with E-state index in [1.807, 2.05) is 50.3 Å². The summed E-state index contributed by atoms with van der Waals surface area (Å²) in [5, 5.41) is 0.790. The molecule has 1 aromatic heterocycles. The molecule has 0 aliphatic rings. The number of rotatable bonds is 1. The summed E-state index contributed by atoms with van der Waals surface area (Å²) in [5.74, 6) is -0.354. The number of benzene rings is 1. The molecule has 0 aliphatic carbocycles. The van der Waals surface area contributed by atoms with Gasteiger partial charge in [-0.2, -0.15) is 0 Å². The lowest BCUT2D eigenvalue weighted by Crippen LogP contribution is -2.30. The zero-order valence-corrected chi connectivity index (χ0v) is 9.31. The van der Waals surface area contributed by atoms with E-state index in [4.69, 9.17) is 4.42 Å². The Hall–Kier alpha value is -2.03. The molecule has 16 heavy (non-hydrogen) atoms. The number of nitrogens with zero attached hydrogens (tertiary/aromatic N) is 1. The van der Waals surface area contributed by atoms with Gasteiger partial charge in [0.15, 0.2) is 5.42 Å². The maximum absolute atomic E-state index is 11.7. The van der Waals surface area contributed by atoms with Crippen molar-refractivity contribution in [3.63, 3.8) is 0 Å². The molecule has 0 radical (unpaired) electrons. The molecule has 0 saturated heterocycles. The van der Waals surface area contributed by atoms with Gasteiger partial charge in [-0.05, 0) is 32.1 Å². The van der Waals surface area contributed by atoms with E-state index in [2.05, 4.69) is 0 Å². The van der Waals surface area contributed by atoms with Crippen molar-refractivity contribution in [2.75, 3.05) is 0 Å². The maximum Gasteiger partial charge on any atom is 0.424 e. The monoisotopic (exact) mass is 215 g/mol. The van der Waals surface area contributed by atoms with Crippen LogP contribution in [0.3, 0.4) is 0 Å². The second-order valence-electron chi connectivity index (χ2n) is 3.37. The predicted octanol–water partition coefficient (Wildman–Crippen LogP) is 1.03. The molecule has 0 atom stereocenters. The standard InChI is InChI=1S/C13H13NO2/c1-3-11-12(4-2)16-13(15)14(11)10-8-6-5-7-9-10/h3-9H,1-2H3/b11-3-,12-4-. The Morgan fingerprint density at radius 2 is 1.81 bits per heavy atom. The van der Waals surface area contributed by atoms with Gasteiger partial charge >= 0.3 is 5.76 Å². The molecular formula is C13H13NO2. The number of aromatic nitrogens is 1. The third kappa shape index (κ3) is 1.60. The van der Waals surface area contributed by atoms with Crippen LogP contribution in [-0.4, -0.2) is 4.57 Å². The number of oxazole rings is 1. The first-order valence-corrected chi connectivity index (χ1v) is 5.18. The van der Waals surface area contributed by atoms with Gasteiger partial charge in [0.1, 0.15) is 0 Å². The first kappa shape index (κ1) is 10.5. The normalized spacial score (nSPS) is 13.4. The van der Waals surface area contributed by atoms with Crippen LogP contribution in [-0.2, 0) is 0 Å². The second kappa shape index (κ2) is 4.23. The fourth-order valence-electron chi connectivity index (χ4n) is 1.70. The highest BCUT2D eigenvalue weighted by Crippen LogP contribution is 1.99. The van der Waals surface area contributed by atoms with Crippen LogP contribution in [0.25, 0.3) is 17.8 Å². The van der Waals surface area contributed by atoms with Gasteiger partial charge in [0.05, 0.1) is 11.0 Å². The fraction of sp³-hybridized carbons (Fsp3) is 0.154. The van der Waals surface area contributed by atoms with Gasteiger partial charge in [-0.15, -0.1) is 0 Å². The summed E-state index contributed by atoms with van der Waals surface area (Å²) >= 11 is 0. The lowest BCUT2D eigenvalue weighted by atomic mass is 10.3. The minimum Gasteiger partial charge on any atom is -0.408 e. The summed E-state index contributed by atoms with van der Waals surface area (Å²) in [6.07, 6.45) is 3.66. The molecule has 0 unspecified atom stereocenters. The van der Waals surface area contributed by atoms with E-state index in [0.717, 1.165) is 11.0 Å². The van der Waals surface area contributed by atoms with Crippen LogP contribution in [0.15, 0.2) is 39.5 Å².